The lowest BCUT2D eigenvalue weighted by atomic mass is 10.1. The zero-order valence-electron chi connectivity index (χ0n) is 11.4. The van der Waals surface area contributed by atoms with Crippen molar-refractivity contribution in [2.24, 2.45) is 5.73 Å². The lowest BCUT2D eigenvalue weighted by Gasteiger charge is -2.27. The Morgan fingerprint density at radius 2 is 2.32 bits per heavy atom. The molecule has 1 heterocycles. The fourth-order valence-electron chi connectivity index (χ4n) is 2.57. The zero-order valence-corrected chi connectivity index (χ0v) is 12.2. The van der Waals surface area contributed by atoms with E-state index in [4.69, 9.17) is 18.0 Å². The first-order chi connectivity index (χ1) is 8.99. The second-order valence-electron chi connectivity index (χ2n) is 5.19. The van der Waals surface area contributed by atoms with E-state index in [1.807, 2.05) is 13.1 Å². The minimum atomic E-state index is -0.350. The third kappa shape index (κ3) is 3.22. The summed E-state index contributed by atoms with van der Waals surface area (Å²) in [6.45, 7) is 2.05. The monoisotopic (exact) mass is 281 g/mol. The molecule has 1 fully saturated rings. The van der Waals surface area contributed by atoms with Gasteiger partial charge in [-0.2, -0.15) is 0 Å². The molecule has 104 valence electrons. The molecule has 0 aromatic heterocycles. The summed E-state index contributed by atoms with van der Waals surface area (Å²) in [5.74, 6) is -0.350. The highest BCUT2D eigenvalue weighted by Gasteiger charge is 2.22. The predicted octanol–water partition coefficient (Wildman–Crippen LogP) is 1.99. The van der Waals surface area contributed by atoms with Crippen LogP contribution in [0.25, 0.3) is 0 Å². The number of rotatable bonds is 4. The van der Waals surface area contributed by atoms with Gasteiger partial charge in [-0.1, -0.05) is 12.2 Å². The van der Waals surface area contributed by atoms with Crippen LogP contribution in [0.2, 0.25) is 0 Å². The number of hydrogen-bond donors (Lipinski definition) is 1. The molecular formula is C14H20FN3S. The molecule has 0 aliphatic carbocycles. The number of halogens is 1. The van der Waals surface area contributed by atoms with Crippen molar-refractivity contribution in [1.82, 2.24) is 4.90 Å². The summed E-state index contributed by atoms with van der Waals surface area (Å²) in [6, 6.07) is 5.57. The van der Waals surface area contributed by atoms with Crippen LogP contribution >= 0.6 is 12.2 Å². The van der Waals surface area contributed by atoms with Gasteiger partial charge in [0.15, 0.2) is 0 Å². The maximum absolute atomic E-state index is 13.8. The molecule has 0 amide bonds. The number of likely N-dealkylation sites (tertiary alicyclic amines) is 1. The number of thiocarbonyl (C=S) groups is 1. The normalized spacial score (nSPS) is 19.6. The largest absolute Gasteiger partial charge is 0.389 e. The molecule has 2 N–H and O–H groups in total. The summed E-state index contributed by atoms with van der Waals surface area (Å²) in [5.41, 5.74) is 6.63. The average Bonchev–Trinajstić information content (AvgIpc) is 2.74. The van der Waals surface area contributed by atoms with Crippen molar-refractivity contribution in [1.29, 1.82) is 0 Å². The zero-order chi connectivity index (χ0) is 14.0. The van der Waals surface area contributed by atoms with E-state index in [9.17, 15) is 4.39 Å². The van der Waals surface area contributed by atoms with Crippen molar-refractivity contribution in [2.75, 3.05) is 32.1 Å². The third-order valence-corrected chi connectivity index (χ3v) is 4.03. The summed E-state index contributed by atoms with van der Waals surface area (Å²) in [5, 5.41) is 0. The van der Waals surface area contributed by atoms with E-state index < -0.39 is 0 Å². The minimum Gasteiger partial charge on any atom is -0.389 e. The van der Waals surface area contributed by atoms with Crippen molar-refractivity contribution in [2.45, 2.75) is 18.9 Å². The summed E-state index contributed by atoms with van der Waals surface area (Å²) in [7, 11) is 4.13. The molecule has 0 bridgehead atoms. The van der Waals surface area contributed by atoms with E-state index >= 15 is 0 Å². The summed E-state index contributed by atoms with van der Waals surface area (Å²) in [4.78, 5) is 4.54. The lowest BCUT2D eigenvalue weighted by Crippen LogP contribution is -2.36. The van der Waals surface area contributed by atoms with Crippen LogP contribution in [0.15, 0.2) is 18.2 Å². The van der Waals surface area contributed by atoms with Crippen LogP contribution in [0.1, 0.15) is 18.4 Å². The summed E-state index contributed by atoms with van der Waals surface area (Å²) >= 11 is 4.81. The number of anilines is 1. The number of likely N-dealkylation sites (N-methyl/N-ethyl adjacent to an activating group) is 2. The van der Waals surface area contributed by atoms with Crippen LogP contribution in [0.4, 0.5) is 10.1 Å². The molecule has 1 atom stereocenters. The molecule has 19 heavy (non-hydrogen) atoms. The standard InChI is InChI=1S/C14H20FN3S/c1-17-7-3-4-11(17)9-18(2)10-5-6-12(14(16)19)13(15)8-10/h5-6,8,11H,3-4,7,9H2,1-2H3,(H2,16,19). The number of hydrogen-bond acceptors (Lipinski definition) is 3. The first-order valence-corrected chi connectivity index (χ1v) is 6.90. The van der Waals surface area contributed by atoms with Gasteiger partial charge in [-0.3, -0.25) is 0 Å². The molecule has 1 aliphatic rings. The van der Waals surface area contributed by atoms with Gasteiger partial charge in [-0.25, -0.2) is 4.39 Å². The van der Waals surface area contributed by atoms with E-state index in [1.54, 1.807) is 6.07 Å². The molecule has 2 rings (SSSR count). The molecule has 0 radical (unpaired) electrons. The molecular weight excluding hydrogens is 261 g/mol. The fourth-order valence-corrected chi connectivity index (χ4v) is 2.74. The van der Waals surface area contributed by atoms with Gasteiger partial charge in [0, 0.05) is 30.9 Å². The Bertz CT molecular complexity index is 478. The molecule has 1 aromatic carbocycles. The molecule has 1 aliphatic heterocycles. The fraction of sp³-hybridized carbons (Fsp3) is 0.500. The summed E-state index contributed by atoms with van der Waals surface area (Å²) < 4.78 is 13.8. The topological polar surface area (TPSA) is 32.5 Å². The number of nitrogens with zero attached hydrogens (tertiary/aromatic N) is 2. The van der Waals surface area contributed by atoms with Crippen molar-refractivity contribution in [3.63, 3.8) is 0 Å². The third-order valence-electron chi connectivity index (χ3n) is 3.82. The van der Waals surface area contributed by atoms with Crippen LogP contribution in [0, 0.1) is 5.82 Å². The molecule has 0 spiro atoms. The van der Waals surface area contributed by atoms with Crippen molar-refractivity contribution in [3.05, 3.63) is 29.6 Å². The van der Waals surface area contributed by atoms with E-state index in [-0.39, 0.29) is 10.8 Å². The second-order valence-corrected chi connectivity index (χ2v) is 5.63. The Kier molecular flexibility index (Phi) is 4.37. The van der Waals surface area contributed by atoms with Gasteiger partial charge in [0.1, 0.15) is 10.8 Å². The van der Waals surface area contributed by atoms with Crippen molar-refractivity contribution >= 4 is 22.9 Å². The van der Waals surface area contributed by atoms with E-state index in [2.05, 4.69) is 16.8 Å². The molecule has 3 nitrogen and oxygen atoms in total. The maximum Gasteiger partial charge on any atom is 0.135 e. The number of benzene rings is 1. The predicted molar refractivity (Wildman–Crippen MR) is 81.2 cm³/mol. The van der Waals surface area contributed by atoms with Crippen LogP contribution in [0.3, 0.4) is 0 Å². The van der Waals surface area contributed by atoms with E-state index in [0.717, 1.165) is 18.8 Å². The molecule has 1 aromatic rings. The van der Waals surface area contributed by atoms with Gasteiger partial charge in [0.2, 0.25) is 0 Å². The van der Waals surface area contributed by atoms with Crippen molar-refractivity contribution in [3.8, 4) is 0 Å². The molecule has 5 heteroatoms. The van der Waals surface area contributed by atoms with Gasteiger partial charge < -0.3 is 15.5 Å². The average molecular weight is 281 g/mol. The van der Waals surface area contributed by atoms with E-state index in [0.29, 0.717) is 11.6 Å². The Morgan fingerprint density at radius 3 is 2.84 bits per heavy atom. The highest BCUT2D eigenvalue weighted by Crippen LogP contribution is 2.21. The first-order valence-electron chi connectivity index (χ1n) is 6.50. The maximum atomic E-state index is 13.8. The van der Waals surface area contributed by atoms with Gasteiger partial charge in [0.05, 0.1) is 0 Å². The van der Waals surface area contributed by atoms with Crippen LogP contribution in [-0.4, -0.2) is 43.1 Å². The van der Waals surface area contributed by atoms with Crippen LogP contribution in [0.5, 0.6) is 0 Å². The molecule has 1 saturated heterocycles. The number of nitrogens with two attached hydrogens (primary N) is 1. The van der Waals surface area contributed by atoms with Gasteiger partial charge in [0.25, 0.3) is 0 Å². The summed E-state index contributed by atoms with van der Waals surface area (Å²) in [6.07, 6.45) is 2.44. The van der Waals surface area contributed by atoms with E-state index in [1.165, 1.54) is 18.9 Å². The van der Waals surface area contributed by atoms with Crippen molar-refractivity contribution < 1.29 is 4.39 Å². The Balaban J connectivity index is 2.09. The lowest BCUT2D eigenvalue weighted by molar-refractivity contribution is 0.314. The van der Waals surface area contributed by atoms with Gasteiger partial charge in [-0.05, 0) is 44.6 Å². The Morgan fingerprint density at radius 1 is 1.58 bits per heavy atom. The van der Waals surface area contributed by atoms with Crippen LogP contribution < -0.4 is 10.6 Å². The van der Waals surface area contributed by atoms with Crippen LogP contribution in [-0.2, 0) is 0 Å². The SMILES string of the molecule is CN(CC1CCCN1C)c1ccc(C(N)=S)c(F)c1. The second kappa shape index (κ2) is 5.84. The molecule has 1 unspecified atom stereocenters. The quantitative estimate of drug-likeness (QED) is 0.856. The van der Waals surface area contributed by atoms with Gasteiger partial charge >= 0.3 is 0 Å². The molecule has 0 saturated carbocycles. The van der Waals surface area contributed by atoms with Gasteiger partial charge in [-0.15, -0.1) is 0 Å². The Labute approximate surface area is 119 Å². The highest BCUT2D eigenvalue weighted by molar-refractivity contribution is 7.80. The Hall–Kier alpha value is -1.20. The highest BCUT2D eigenvalue weighted by atomic mass is 32.1. The smallest absolute Gasteiger partial charge is 0.135 e. The minimum absolute atomic E-state index is 0.0993. The first kappa shape index (κ1) is 14.2.